The molecule has 1 saturated heterocycles. The van der Waals surface area contributed by atoms with Crippen LogP contribution in [-0.4, -0.2) is 70.4 Å². The predicted molar refractivity (Wildman–Crippen MR) is 104 cm³/mol. The normalized spacial score (nSPS) is 19.4. The number of H-pyrrole nitrogens is 1. The van der Waals surface area contributed by atoms with E-state index in [1.807, 2.05) is 19.0 Å². The molecule has 1 unspecified atom stereocenters. The largest absolute Gasteiger partial charge is 0.479 e. The van der Waals surface area contributed by atoms with Crippen LogP contribution in [0.1, 0.15) is 49.2 Å². The second-order valence-corrected chi connectivity index (χ2v) is 7.54. The molecule has 2 amide bonds. The van der Waals surface area contributed by atoms with Gasteiger partial charge in [0.05, 0.1) is 7.11 Å². The van der Waals surface area contributed by atoms with Gasteiger partial charge in [-0.1, -0.05) is 0 Å². The standard InChI is InChI=1S/C18H26N8O2/c1-25(2)16-13(17(28-3)20-10-19-16)21-18(27)26-8-4-5-12(9-26)15-22-14(23-24-15)11-6-7-11/h10-12H,4-9H2,1-3H3,(H,21,27)(H,22,23,24). The predicted octanol–water partition coefficient (Wildman–Crippen LogP) is 1.96. The first-order valence-corrected chi connectivity index (χ1v) is 9.61. The minimum Gasteiger partial charge on any atom is -0.479 e. The summed E-state index contributed by atoms with van der Waals surface area (Å²) in [5.74, 6) is 3.41. The van der Waals surface area contributed by atoms with Gasteiger partial charge in [0.25, 0.3) is 0 Å². The molecule has 4 rings (SSSR count). The van der Waals surface area contributed by atoms with Crippen LogP contribution in [-0.2, 0) is 0 Å². The highest BCUT2D eigenvalue weighted by molar-refractivity contribution is 5.94. The van der Waals surface area contributed by atoms with Gasteiger partial charge in [-0.2, -0.15) is 10.1 Å². The fraction of sp³-hybridized carbons (Fsp3) is 0.611. The number of carbonyl (C=O) groups excluding carboxylic acids is 1. The Morgan fingerprint density at radius 2 is 2.11 bits per heavy atom. The molecule has 2 aromatic rings. The van der Waals surface area contributed by atoms with E-state index in [2.05, 4.69) is 30.5 Å². The van der Waals surface area contributed by atoms with Crippen LogP contribution in [0.15, 0.2) is 6.33 Å². The number of aromatic nitrogens is 5. The van der Waals surface area contributed by atoms with Crippen LogP contribution in [0.5, 0.6) is 5.88 Å². The van der Waals surface area contributed by atoms with Gasteiger partial charge >= 0.3 is 6.03 Å². The summed E-state index contributed by atoms with van der Waals surface area (Å²) in [4.78, 5) is 29.6. The highest BCUT2D eigenvalue weighted by Gasteiger charge is 2.31. The van der Waals surface area contributed by atoms with E-state index in [0.717, 1.165) is 24.5 Å². The average Bonchev–Trinajstić information content (AvgIpc) is 3.44. The number of rotatable bonds is 5. The molecule has 0 bridgehead atoms. The summed E-state index contributed by atoms with van der Waals surface area (Å²) >= 11 is 0. The number of hydrogen-bond acceptors (Lipinski definition) is 7. The number of ether oxygens (including phenoxy) is 1. The molecule has 0 spiro atoms. The van der Waals surface area contributed by atoms with Crippen molar-refractivity contribution in [3.63, 3.8) is 0 Å². The maximum absolute atomic E-state index is 12.9. The average molecular weight is 386 g/mol. The molecule has 2 N–H and O–H groups in total. The molecule has 0 aromatic carbocycles. The lowest BCUT2D eigenvalue weighted by Gasteiger charge is -2.31. The van der Waals surface area contributed by atoms with Crippen LogP contribution in [0.2, 0.25) is 0 Å². The third kappa shape index (κ3) is 3.71. The van der Waals surface area contributed by atoms with Crippen molar-refractivity contribution in [3.05, 3.63) is 18.0 Å². The smallest absolute Gasteiger partial charge is 0.322 e. The van der Waals surface area contributed by atoms with Gasteiger partial charge in [-0.25, -0.2) is 14.8 Å². The van der Waals surface area contributed by atoms with Crippen molar-refractivity contribution in [1.82, 2.24) is 30.0 Å². The van der Waals surface area contributed by atoms with E-state index in [4.69, 9.17) is 4.74 Å². The molecule has 2 aliphatic rings. The number of aromatic amines is 1. The first-order chi connectivity index (χ1) is 13.6. The van der Waals surface area contributed by atoms with Gasteiger partial charge in [0.15, 0.2) is 11.6 Å². The Morgan fingerprint density at radius 1 is 1.29 bits per heavy atom. The fourth-order valence-electron chi connectivity index (χ4n) is 3.53. The lowest BCUT2D eigenvalue weighted by atomic mass is 9.97. The number of nitrogens with one attached hydrogen (secondary N) is 2. The molecule has 150 valence electrons. The van der Waals surface area contributed by atoms with Gasteiger partial charge in [0.2, 0.25) is 5.88 Å². The van der Waals surface area contributed by atoms with E-state index < -0.39 is 0 Å². The van der Waals surface area contributed by atoms with E-state index in [0.29, 0.717) is 36.4 Å². The summed E-state index contributed by atoms with van der Waals surface area (Å²) in [5.41, 5.74) is 0.469. The molecule has 1 atom stereocenters. The van der Waals surface area contributed by atoms with Crippen molar-refractivity contribution in [2.45, 2.75) is 37.5 Å². The Hall–Kier alpha value is -2.91. The summed E-state index contributed by atoms with van der Waals surface area (Å²) in [7, 11) is 5.24. The zero-order valence-electron chi connectivity index (χ0n) is 16.5. The molecule has 28 heavy (non-hydrogen) atoms. The van der Waals surface area contributed by atoms with Crippen LogP contribution in [0, 0.1) is 0 Å². The lowest BCUT2D eigenvalue weighted by Crippen LogP contribution is -2.42. The Balaban J connectivity index is 1.47. The van der Waals surface area contributed by atoms with Gasteiger partial charge in [0.1, 0.15) is 17.8 Å². The van der Waals surface area contributed by atoms with E-state index >= 15 is 0 Å². The lowest BCUT2D eigenvalue weighted by molar-refractivity contribution is 0.191. The number of amides is 2. The molecule has 2 fully saturated rings. The molecule has 3 heterocycles. The van der Waals surface area contributed by atoms with E-state index in [-0.39, 0.29) is 11.9 Å². The maximum Gasteiger partial charge on any atom is 0.322 e. The monoisotopic (exact) mass is 386 g/mol. The van der Waals surface area contributed by atoms with Gasteiger partial charge in [0, 0.05) is 39.0 Å². The van der Waals surface area contributed by atoms with Crippen molar-refractivity contribution >= 4 is 17.5 Å². The zero-order chi connectivity index (χ0) is 19.7. The van der Waals surface area contributed by atoms with E-state index in [9.17, 15) is 4.79 Å². The first-order valence-electron chi connectivity index (χ1n) is 9.61. The number of hydrogen-bond donors (Lipinski definition) is 2. The number of nitrogens with zero attached hydrogens (tertiary/aromatic N) is 6. The second-order valence-electron chi connectivity index (χ2n) is 7.54. The van der Waals surface area contributed by atoms with Gasteiger partial charge in [-0.05, 0) is 25.7 Å². The fourth-order valence-corrected chi connectivity index (χ4v) is 3.53. The number of piperidine rings is 1. The summed E-state index contributed by atoms with van der Waals surface area (Å²) in [5, 5.41) is 10.4. The number of methoxy groups -OCH3 is 1. The van der Waals surface area contributed by atoms with Crippen LogP contribution in [0.25, 0.3) is 0 Å². The molecule has 0 radical (unpaired) electrons. The highest BCUT2D eigenvalue weighted by Crippen LogP contribution is 2.38. The Bertz CT molecular complexity index is 848. The topological polar surface area (TPSA) is 112 Å². The Labute approximate surface area is 163 Å². The molecular weight excluding hydrogens is 360 g/mol. The molecule has 10 nitrogen and oxygen atoms in total. The molecule has 1 aliphatic carbocycles. The SMILES string of the molecule is COc1ncnc(N(C)C)c1NC(=O)N1CCCC(c2n[nH]c(C3CC3)n2)C1. The molecule has 1 aliphatic heterocycles. The number of urea groups is 1. The third-order valence-electron chi connectivity index (χ3n) is 5.20. The van der Waals surface area contributed by atoms with Gasteiger partial charge in [-0.3, -0.25) is 10.4 Å². The Kier molecular flexibility index (Phi) is 5.01. The van der Waals surface area contributed by atoms with E-state index in [1.54, 1.807) is 4.90 Å². The van der Waals surface area contributed by atoms with Crippen molar-refractivity contribution in [1.29, 1.82) is 0 Å². The summed E-state index contributed by atoms with van der Waals surface area (Å²) in [6.45, 7) is 1.27. The van der Waals surface area contributed by atoms with Gasteiger partial charge in [-0.15, -0.1) is 0 Å². The van der Waals surface area contributed by atoms with Crippen LogP contribution in [0.4, 0.5) is 16.3 Å². The summed E-state index contributed by atoms with van der Waals surface area (Å²) in [6.07, 6.45) is 5.67. The van der Waals surface area contributed by atoms with Crippen molar-refractivity contribution in [2.24, 2.45) is 0 Å². The second kappa shape index (κ2) is 7.61. The molecule has 10 heteroatoms. The van der Waals surface area contributed by atoms with Crippen LogP contribution < -0.4 is 15.0 Å². The zero-order valence-corrected chi connectivity index (χ0v) is 16.5. The highest BCUT2D eigenvalue weighted by atomic mass is 16.5. The minimum absolute atomic E-state index is 0.144. The molecule has 1 saturated carbocycles. The maximum atomic E-state index is 12.9. The summed E-state index contributed by atoms with van der Waals surface area (Å²) < 4.78 is 5.31. The first kappa shape index (κ1) is 18.5. The number of anilines is 2. The molecular formula is C18H26N8O2. The van der Waals surface area contributed by atoms with Gasteiger partial charge < -0.3 is 14.5 Å². The van der Waals surface area contributed by atoms with Crippen LogP contribution >= 0.6 is 0 Å². The quantitative estimate of drug-likeness (QED) is 0.808. The van der Waals surface area contributed by atoms with Crippen molar-refractivity contribution in [2.75, 3.05) is 44.5 Å². The number of likely N-dealkylation sites (tertiary alicyclic amines) is 1. The summed E-state index contributed by atoms with van der Waals surface area (Å²) in [6, 6.07) is -0.196. The Morgan fingerprint density at radius 3 is 2.82 bits per heavy atom. The minimum atomic E-state index is -0.196. The third-order valence-corrected chi connectivity index (χ3v) is 5.20. The van der Waals surface area contributed by atoms with Crippen LogP contribution in [0.3, 0.4) is 0 Å². The number of carbonyl (C=O) groups is 1. The molecule has 2 aromatic heterocycles. The van der Waals surface area contributed by atoms with Crippen molar-refractivity contribution in [3.8, 4) is 5.88 Å². The van der Waals surface area contributed by atoms with E-state index in [1.165, 1.54) is 26.3 Å². The van der Waals surface area contributed by atoms with Crippen molar-refractivity contribution < 1.29 is 9.53 Å².